The zero-order valence-corrected chi connectivity index (χ0v) is 18.9. The molecule has 0 N–H and O–H groups in total. The molecule has 2 aliphatic rings. The van der Waals surface area contributed by atoms with Crippen molar-refractivity contribution in [3.8, 4) is 16.9 Å². The molecule has 2 aliphatic carbocycles. The molecule has 3 aromatic rings. The van der Waals surface area contributed by atoms with E-state index in [4.69, 9.17) is 11.6 Å². The molecule has 5 rings (SSSR count). The third-order valence-corrected chi connectivity index (χ3v) is 6.80. The van der Waals surface area contributed by atoms with Gasteiger partial charge in [-0.2, -0.15) is 0 Å². The van der Waals surface area contributed by atoms with Gasteiger partial charge in [0.2, 0.25) is 0 Å². The monoisotopic (exact) mass is 445 g/mol. The second-order valence-electron chi connectivity index (χ2n) is 9.57. The minimum Gasteiger partial charge on any atom is -0.313 e. The molecule has 0 aliphatic heterocycles. The Morgan fingerprint density at radius 1 is 0.875 bits per heavy atom. The summed E-state index contributed by atoms with van der Waals surface area (Å²) in [7, 11) is 0. The SMILES string of the molecule is CC1(C)CC(=O)c2c(C3C(=O)CCC3=O)c(-c3ccccc3)n(-c3ccc(Cl)cc3)c2C1. The summed E-state index contributed by atoms with van der Waals surface area (Å²) in [6, 6.07) is 17.2. The van der Waals surface area contributed by atoms with Crippen molar-refractivity contribution in [1.29, 1.82) is 0 Å². The van der Waals surface area contributed by atoms with Crippen molar-refractivity contribution >= 4 is 29.0 Å². The van der Waals surface area contributed by atoms with Crippen LogP contribution < -0.4 is 0 Å². The van der Waals surface area contributed by atoms with Crippen LogP contribution in [0.15, 0.2) is 54.6 Å². The Bertz CT molecular complexity index is 1240. The second-order valence-corrected chi connectivity index (χ2v) is 10.0. The number of benzene rings is 2. The van der Waals surface area contributed by atoms with Gasteiger partial charge in [0.05, 0.1) is 5.69 Å². The van der Waals surface area contributed by atoms with Gasteiger partial charge in [-0.05, 0) is 41.7 Å². The predicted molar refractivity (Wildman–Crippen MR) is 125 cm³/mol. The minimum absolute atomic E-state index is 0.00337. The standard InChI is InChI=1S/C27H24ClNO3/c1-27(2)14-19-23(22(32)15-27)25(24-20(30)12-13-21(24)31)26(16-6-4-3-5-7-16)29(19)18-10-8-17(28)9-11-18/h3-11,24H,12-15H2,1-2H3. The molecule has 1 heterocycles. The molecule has 0 radical (unpaired) electrons. The van der Waals surface area contributed by atoms with Gasteiger partial charge in [0.15, 0.2) is 5.78 Å². The van der Waals surface area contributed by atoms with E-state index in [1.807, 2.05) is 54.6 Å². The highest BCUT2D eigenvalue weighted by Crippen LogP contribution is 2.47. The van der Waals surface area contributed by atoms with Crippen molar-refractivity contribution in [3.63, 3.8) is 0 Å². The molecule has 0 amide bonds. The number of hydrogen-bond donors (Lipinski definition) is 0. The molecule has 1 aromatic heterocycles. The van der Waals surface area contributed by atoms with Crippen LogP contribution in [0.2, 0.25) is 5.02 Å². The van der Waals surface area contributed by atoms with Crippen LogP contribution in [0.3, 0.4) is 0 Å². The molecule has 0 saturated heterocycles. The van der Waals surface area contributed by atoms with Crippen LogP contribution in [0.5, 0.6) is 0 Å². The summed E-state index contributed by atoms with van der Waals surface area (Å²) in [5, 5.41) is 0.619. The molecule has 0 spiro atoms. The summed E-state index contributed by atoms with van der Waals surface area (Å²) in [5.41, 5.74) is 4.30. The number of ketones is 3. The van der Waals surface area contributed by atoms with Crippen molar-refractivity contribution < 1.29 is 14.4 Å². The molecule has 2 aromatic carbocycles. The maximum atomic E-state index is 13.5. The van der Waals surface area contributed by atoms with Gasteiger partial charge >= 0.3 is 0 Å². The average Bonchev–Trinajstić information content (AvgIpc) is 3.24. The molecular weight excluding hydrogens is 422 g/mol. The summed E-state index contributed by atoms with van der Waals surface area (Å²) < 4.78 is 2.08. The lowest BCUT2D eigenvalue weighted by Crippen LogP contribution is -2.29. The number of halogens is 1. The van der Waals surface area contributed by atoms with Gasteiger partial charge in [-0.15, -0.1) is 0 Å². The van der Waals surface area contributed by atoms with Crippen LogP contribution in [-0.4, -0.2) is 21.9 Å². The zero-order chi connectivity index (χ0) is 22.6. The Kier molecular flexibility index (Phi) is 4.94. The van der Waals surface area contributed by atoms with Crippen molar-refractivity contribution in [2.24, 2.45) is 5.41 Å². The molecular formula is C27H24ClNO3. The summed E-state index contributed by atoms with van der Waals surface area (Å²) in [4.78, 5) is 39.4. The Morgan fingerprint density at radius 2 is 1.50 bits per heavy atom. The summed E-state index contributed by atoms with van der Waals surface area (Å²) in [5.74, 6) is -1.07. The molecule has 0 bridgehead atoms. The summed E-state index contributed by atoms with van der Waals surface area (Å²) in [6.07, 6.45) is 1.53. The summed E-state index contributed by atoms with van der Waals surface area (Å²) in [6.45, 7) is 4.17. The number of hydrogen-bond acceptors (Lipinski definition) is 3. The van der Waals surface area contributed by atoms with Crippen molar-refractivity contribution in [3.05, 3.63) is 76.4 Å². The summed E-state index contributed by atoms with van der Waals surface area (Å²) >= 11 is 6.16. The minimum atomic E-state index is -0.877. The Hall–Kier alpha value is -2.98. The fourth-order valence-electron chi connectivity index (χ4n) is 5.23. The lowest BCUT2D eigenvalue weighted by atomic mass is 9.74. The van der Waals surface area contributed by atoms with Gasteiger partial charge in [0.25, 0.3) is 0 Å². The molecule has 4 nitrogen and oxygen atoms in total. The van der Waals surface area contributed by atoms with E-state index < -0.39 is 5.92 Å². The van der Waals surface area contributed by atoms with E-state index in [1.54, 1.807) is 0 Å². The van der Waals surface area contributed by atoms with Crippen LogP contribution in [0.1, 0.15) is 60.6 Å². The van der Waals surface area contributed by atoms with E-state index in [2.05, 4.69) is 18.4 Å². The molecule has 1 saturated carbocycles. The number of nitrogens with zero attached hydrogens (tertiary/aromatic N) is 1. The molecule has 0 unspecified atom stereocenters. The topological polar surface area (TPSA) is 56.1 Å². The number of Topliss-reactive ketones (excluding diaryl/α,β-unsaturated/α-hetero) is 3. The van der Waals surface area contributed by atoms with Gasteiger partial charge in [0, 0.05) is 46.8 Å². The highest BCUT2D eigenvalue weighted by atomic mass is 35.5. The van der Waals surface area contributed by atoms with Crippen LogP contribution in [0.25, 0.3) is 16.9 Å². The van der Waals surface area contributed by atoms with Crippen LogP contribution in [0, 0.1) is 5.41 Å². The maximum absolute atomic E-state index is 13.5. The highest BCUT2D eigenvalue weighted by Gasteiger charge is 2.45. The number of carbonyl (C=O) groups is 3. The van der Waals surface area contributed by atoms with Gasteiger partial charge in [-0.3, -0.25) is 14.4 Å². The molecule has 0 atom stereocenters. The van der Waals surface area contributed by atoms with Gasteiger partial charge < -0.3 is 4.57 Å². The number of rotatable bonds is 3. The van der Waals surface area contributed by atoms with Gasteiger partial charge in [-0.1, -0.05) is 55.8 Å². The maximum Gasteiger partial charge on any atom is 0.165 e. The Labute approximate surface area is 192 Å². The number of aromatic nitrogens is 1. The molecule has 162 valence electrons. The first kappa shape index (κ1) is 20.9. The van der Waals surface area contributed by atoms with Crippen LogP contribution in [0.4, 0.5) is 0 Å². The van der Waals surface area contributed by atoms with E-state index in [0.717, 1.165) is 22.6 Å². The zero-order valence-electron chi connectivity index (χ0n) is 18.2. The number of fused-ring (bicyclic) bond motifs is 1. The normalized spacial score (nSPS) is 18.3. The van der Waals surface area contributed by atoms with Gasteiger partial charge in [-0.25, -0.2) is 0 Å². The highest BCUT2D eigenvalue weighted by molar-refractivity contribution is 6.30. The van der Waals surface area contributed by atoms with Crippen LogP contribution in [-0.2, 0) is 16.0 Å². The first-order valence-electron chi connectivity index (χ1n) is 10.9. The first-order valence-corrected chi connectivity index (χ1v) is 11.3. The number of carbonyl (C=O) groups excluding carboxylic acids is 3. The van der Waals surface area contributed by atoms with E-state index in [0.29, 0.717) is 29.0 Å². The van der Waals surface area contributed by atoms with Gasteiger partial charge in [0.1, 0.15) is 17.5 Å². The third-order valence-electron chi connectivity index (χ3n) is 6.55. The van der Waals surface area contributed by atoms with Crippen LogP contribution >= 0.6 is 11.6 Å². The fraction of sp³-hybridized carbons (Fsp3) is 0.296. The predicted octanol–water partition coefficient (Wildman–Crippen LogP) is 5.97. The quantitative estimate of drug-likeness (QED) is 0.467. The Balaban J connectivity index is 1.92. The lowest BCUT2D eigenvalue weighted by Gasteiger charge is -2.30. The van der Waals surface area contributed by atoms with E-state index in [1.165, 1.54) is 0 Å². The van der Waals surface area contributed by atoms with Crippen molar-refractivity contribution in [1.82, 2.24) is 4.57 Å². The van der Waals surface area contributed by atoms with E-state index >= 15 is 0 Å². The largest absolute Gasteiger partial charge is 0.313 e. The smallest absolute Gasteiger partial charge is 0.165 e. The molecule has 1 fully saturated rings. The molecule has 32 heavy (non-hydrogen) atoms. The molecule has 5 heteroatoms. The van der Waals surface area contributed by atoms with Crippen molar-refractivity contribution in [2.75, 3.05) is 0 Å². The second kappa shape index (κ2) is 7.56. The Morgan fingerprint density at radius 3 is 2.12 bits per heavy atom. The van der Waals surface area contributed by atoms with E-state index in [-0.39, 0.29) is 35.6 Å². The van der Waals surface area contributed by atoms with Crippen molar-refractivity contribution in [2.45, 2.75) is 45.4 Å². The fourth-order valence-corrected chi connectivity index (χ4v) is 5.36. The average molecular weight is 446 g/mol. The third kappa shape index (κ3) is 3.34. The van der Waals surface area contributed by atoms with E-state index in [9.17, 15) is 14.4 Å². The lowest BCUT2D eigenvalue weighted by molar-refractivity contribution is -0.123. The first-order chi connectivity index (χ1) is 15.3.